The first-order valence-electron chi connectivity index (χ1n) is 7.43. The van der Waals surface area contributed by atoms with E-state index in [9.17, 15) is 0 Å². The van der Waals surface area contributed by atoms with Gasteiger partial charge in [-0.05, 0) is 34.6 Å². The number of nitrogens with one attached hydrogen (secondary N) is 2. The lowest BCUT2D eigenvalue weighted by atomic mass is 10.2. The van der Waals surface area contributed by atoms with Gasteiger partial charge < -0.3 is 15.2 Å². The molecule has 0 aliphatic rings. The van der Waals surface area contributed by atoms with Gasteiger partial charge in [0, 0.05) is 32.2 Å². The standard InChI is InChI=1S/C14H28N6O/c1-10(2)20(11(3)4)8-7-16-14(15-6)17-9-13-18-12(5)19-21-13/h10-11H,7-9H2,1-6H3,(H2,15,16,17). The Balaban J connectivity index is 2.34. The third kappa shape index (κ3) is 6.12. The molecule has 0 spiro atoms. The Morgan fingerprint density at radius 2 is 1.90 bits per heavy atom. The van der Waals surface area contributed by atoms with E-state index in [2.05, 4.69) is 58.4 Å². The maximum absolute atomic E-state index is 5.05. The van der Waals surface area contributed by atoms with Crippen molar-refractivity contribution in [2.45, 2.75) is 53.2 Å². The molecule has 0 saturated carbocycles. The van der Waals surface area contributed by atoms with Crippen LogP contribution in [0, 0.1) is 6.92 Å². The normalized spacial score (nSPS) is 12.5. The van der Waals surface area contributed by atoms with Gasteiger partial charge in [-0.15, -0.1) is 0 Å². The van der Waals surface area contributed by atoms with Gasteiger partial charge in [-0.2, -0.15) is 4.98 Å². The predicted molar refractivity (Wildman–Crippen MR) is 84.2 cm³/mol. The molecule has 2 N–H and O–H groups in total. The zero-order valence-electron chi connectivity index (χ0n) is 14.0. The lowest BCUT2D eigenvalue weighted by Crippen LogP contribution is -2.45. The molecule has 0 radical (unpaired) electrons. The fraction of sp³-hybridized carbons (Fsp3) is 0.786. The van der Waals surface area contributed by atoms with E-state index < -0.39 is 0 Å². The summed E-state index contributed by atoms with van der Waals surface area (Å²) >= 11 is 0. The largest absolute Gasteiger partial charge is 0.355 e. The molecule has 0 amide bonds. The van der Waals surface area contributed by atoms with Crippen LogP contribution < -0.4 is 10.6 Å². The first-order valence-corrected chi connectivity index (χ1v) is 7.43. The van der Waals surface area contributed by atoms with Crippen LogP contribution in [-0.2, 0) is 6.54 Å². The smallest absolute Gasteiger partial charge is 0.246 e. The number of guanidine groups is 1. The van der Waals surface area contributed by atoms with Crippen LogP contribution >= 0.6 is 0 Å². The second-order valence-electron chi connectivity index (χ2n) is 5.51. The molecule has 7 heteroatoms. The predicted octanol–water partition coefficient (Wildman–Crippen LogP) is 1.16. The monoisotopic (exact) mass is 296 g/mol. The molecule has 7 nitrogen and oxygen atoms in total. The zero-order valence-corrected chi connectivity index (χ0v) is 14.0. The molecule has 0 fully saturated rings. The Morgan fingerprint density at radius 3 is 2.38 bits per heavy atom. The molecule has 1 aromatic rings. The highest BCUT2D eigenvalue weighted by Gasteiger charge is 2.12. The lowest BCUT2D eigenvalue weighted by Gasteiger charge is -2.30. The summed E-state index contributed by atoms with van der Waals surface area (Å²) in [5.74, 6) is 1.93. The average molecular weight is 296 g/mol. The SMILES string of the molecule is CN=C(NCCN(C(C)C)C(C)C)NCc1nc(C)no1. The number of aliphatic imine (C=N–C) groups is 1. The van der Waals surface area contributed by atoms with Crippen molar-refractivity contribution in [1.29, 1.82) is 0 Å². The molecule has 120 valence electrons. The molecule has 1 heterocycles. The van der Waals surface area contributed by atoms with E-state index >= 15 is 0 Å². The van der Waals surface area contributed by atoms with Crippen LogP contribution in [0.25, 0.3) is 0 Å². The van der Waals surface area contributed by atoms with Crippen molar-refractivity contribution in [2.75, 3.05) is 20.1 Å². The number of rotatable bonds is 7. The molecule has 1 rings (SSSR count). The maximum Gasteiger partial charge on any atom is 0.246 e. The van der Waals surface area contributed by atoms with Crippen molar-refractivity contribution < 1.29 is 4.52 Å². The molecule has 0 aromatic carbocycles. The fourth-order valence-electron chi connectivity index (χ4n) is 2.21. The van der Waals surface area contributed by atoms with E-state index in [1.807, 2.05) is 0 Å². The Labute approximate surface area is 127 Å². The van der Waals surface area contributed by atoms with Crippen LogP contribution in [0.3, 0.4) is 0 Å². The first kappa shape index (κ1) is 17.4. The summed E-state index contributed by atoms with van der Waals surface area (Å²) in [5, 5.41) is 10.2. The summed E-state index contributed by atoms with van der Waals surface area (Å²) in [5.41, 5.74) is 0. The molecule has 0 aliphatic heterocycles. The van der Waals surface area contributed by atoms with Crippen molar-refractivity contribution in [3.63, 3.8) is 0 Å². The van der Waals surface area contributed by atoms with E-state index in [0.717, 1.165) is 19.0 Å². The Morgan fingerprint density at radius 1 is 1.24 bits per heavy atom. The summed E-state index contributed by atoms with van der Waals surface area (Å²) in [7, 11) is 1.75. The summed E-state index contributed by atoms with van der Waals surface area (Å²) in [6, 6.07) is 1.06. The quantitative estimate of drug-likeness (QED) is 0.581. The maximum atomic E-state index is 5.05. The van der Waals surface area contributed by atoms with Gasteiger partial charge in [-0.3, -0.25) is 9.89 Å². The molecule has 0 aliphatic carbocycles. The van der Waals surface area contributed by atoms with Crippen molar-refractivity contribution in [1.82, 2.24) is 25.7 Å². The fourth-order valence-corrected chi connectivity index (χ4v) is 2.21. The topological polar surface area (TPSA) is 78.6 Å². The van der Waals surface area contributed by atoms with E-state index in [0.29, 0.717) is 30.3 Å². The third-order valence-electron chi connectivity index (χ3n) is 3.19. The van der Waals surface area contributed by atoms with Gasteiger partial charge >= 0.3 is 0 Å². The minimum atomic E-state index is 0.471. The van der Waals surface area contributed by atoms with Crippen LogP contribution in [0.5, 0.6) is 0 Å². The van der Waals surface area contributed by atoms with E-state index in [1.54, 1.807) is 14.0 Å². The van der Waals surface area contributed by atoms with Gasteiger partial charge in [0.1, 0.15) is 0 Å². The highest BCUT2D eigenvalue weighted by atomic mass is 16.5. The van der Waals surface area contributed by atoms with Crippen LogP contribution in [0.4, 0.5) is 0 Å². The van der Waals surface area contributed by atoms with Crippen molar-refractivity contribution >= 4 is 5.96 Å². The molecule has 0 atom stereocenters. The van der Waals surface area contributed by atoms with Crippen molar-refractivity contribution in [2.24, 2.45) is 4.99 Å². The first-order chi connectivity index (χ1) is 9.93. The Bertz CT molecular complexity index is 432. The van der Waals surface area contributed by atoms with Gasteiger partial charge in [0.2, 0.25) is 5.89 Å². The minimum Gasteiger partial charge on any atom is -0.355 e. The molecule has 0 unspecified atom stereocenters. The van der Waals surface area contributed by atoms with Crippen LogP contribution in [0.15, 0.2) is 9.52 Å². The lowest BCUT2D eigenvalue weighted by molar-refractivity contribution is 0.178. The van der Waals surface area contributed by atoms with Gasteiger partial charge in [0.15, 0.2) is 11.8 Å². The number of hydrogen-bond acceptors (Lipinski definition) is 5. The van der Waals surface area contributed by atoms with Gasteiger partial charge in [0.05, 0.1) is 6.54 Å². The number of hydrogen-bond donors (Lipinski definition) is 2. The second-order valence-corrected chi connectivity index (χ2v) is 5.51. The molecule has 21 heavy (non-hydrogen) atoms. The van der Waals surface area contributed by atoms with Gasteiger partial charge in [-0.1, -0.05) is 5.16 Å². The summed E-state index contributed by atoms with van der Waals surface area (Å²) in [6.07, 6.45) is 0. The van der Waals surface area contributed by atoms with E-state index in [4.69, 9.17) is 4.52 Å². The molecule has 0 saturated heterocycles. The van der Waals surface area contributed by atoms with Crippen molar-refractivity contribution in [3.05, 3.63) is 11.7 Å². The van der Waals surface area contributed by atoms with Crippen LogP contribution in [0.1, 0.15) is 39.4 Å². The third-order valence-corrected chi connectivity index (χ3v) is 3.19. The average Bonchev–Trinajstić information content (AvgIpc) is 2.82. The van der Waals surface area contributed by atoms with E-state index in [-0.39, 0.29) is 0 Å². The summed E-state index contributed by atoms with van der Waals surface area (Å²) in [4.78, 5) is 10.8. The van der Waals surface area contributed by atoms with Crippen LogP contribution in [-0.4, -0.2) is 53.2 Å². The minimum absolute atomic E-state index is 0.471. The summed E-state index contributed by atoms with van der Waals surface area (Å²) in [6.45, 7) is 12.9. The van der Waals surface area contributed by atoms with Crippen LogP contribution in [0.2, 0.25) is 0 Å². The zero-order chi connectivity index (χ0) is 15.8. The molecule has 1 aromatic heterocycles. The van der Waals surface area contributed by atoms with E-state index in [1.165, 1.54) is 0 Å². The Hall–Kier alpha value is -1.63. The number of aryl methyl sites for hydroxylation is 1. The highest BCUT2D eigenvalue weighted by molar-refractivity contribution is 5.79. The number of aromatic nitrogens is 2. The second kappa shape index (κ2) is 8.61. The van der Waals surface area contributed by atoms with Gasteiger partial charge in [0.25, 0.3) is 0 Å². The van der Waals surface area contributed by atoms with Gasteiger partial charge in [-0.25, -0.2) is 0 Å². The molecular weight excluding hydrogens is 268 g/mol. The molecule has 0 bridgehead atoms. The summed E-state index contributed by atoms with van der Waals surface area (Å²) < 4.78 is 5.05. The molecular formula is C14H28N6O. The van der Waals surface area contributed by atoms with Crippen molar-refractivity contribution in [3.8, 4) is 0 Å². The highest BCUT2D eigenvalue weighted by Crippen LogP contribution is 2.03. The Kier molecular flexibility index (Phi) is 7.14. The number of nitrogens with zero attached hydrogens (tertiary/aromatic N) is 4.